The molecule has 0 radical (unpaired) electrons. The fraction of sp³-hybridized carbons (Fsp3) is 1.00. The van der Waals surface area contributed by atoms with Gasteiger partial charge in [-0.1, -0.05) is 13.8 Å². The maximum absolute atomic E-state index is 12.0. The second-order valence-electron chi connectivity index (χ2n) is 3.65. The Balaban J connectivity index is 2.70. The molecule has 0 aromatic heterocycles. The second kappa shape index (κ2) is 5.09. The Labute approximate surface area is 86.7 Å². The van der Waals surface area contributed by atoms with Crippen molar-refractivity contribution in [3.63, 3.8) is 0 Å². The summed E-state index contributed by atoms with van der Waals surface area (Å²) >= 11 is 0. The highest BCUT2D eigenvalue weighted by Gasteiger charge is 2.32. The predicted octanol–water partition coefficient (Wildman–Crippen LogP) is 0.410. The SMILES string of the molecule is CCCN(CC)S(=O)(=O)C1CCNC1. The molecular formula is C9H20N2O2S. The fourth-order valence-electron chi connectivity index (χ4n) is 1.81. The molecule has 1 atom stereocenters. The lowest BCUT2D eigenvalue weighted by molar-refractivity contribution is 0.419. The summed E-state index contributed by atoms with van der Waals surface area (Å²) in [5.74, 6) is 0. The Morgan fingerprint density at radius 1 is 1.43 bits per heavy atom. The summed E-state index contributed by atoms with van der Waals surface area (Å²) in [6, 6.07) is 0. The van der Waals surface area contributed by atoms with E-state index in [2.05, 4.69) is 5.32 Å². The molecule has 1 aliphatic heterocycles. The zero-order valence-electron chi connectivity index (χ0n) is 8.99. The third-order valence-electron chi connectivity index (χ3n) is 2.62. The van der Waals surface area contributed by atoms with E-state index in [1.54, 1.807) is 4.31 Å². The van der Waals surface area contributed by atoms with Crippen molar-refractivity contribution in [1.29, 1.82) is 0 Å². The lowest BCUT2D eigenvalue weighted by atomic mass is 10.4. The van der Waals surface area contributed by atoms with Crippen LogP contribution in [0, 0.1) is 0 Å². The van der Waals surface area contributed by atoms with Crippen LogP contribution in [-0.4, -0.2) is 44.2 Å². The monoisotopic (exact) mass is 220 g/mol. The molecule has 1 unspecified atom stereocenters. The summed E-state index contributed by atoms with van der Waals surface area (Å²) in [5, 5.41) is 2.89. The number of nitrogens with zero attached hydrogens (tertiary/aromatic N) is 1. The molecule has 1 N–H and O–H groups in total. The van der Waals surface area contributed by atoms with Crippen LogP contribution in [0.1, 0.15) is 26.7 Å². The number of hydrogen-bond donors (Lipinski definition) is 1. The summed E-state index contributed by atoms with van der Waals surface area (Å²) in [4.78, 5) is 0. The highest BCUT2D eigenvalue weighted by molar-refractivity contribution is 7.89. The Morgan fingerprint density at radius 3 is 2.57 bits per heavy atom. The van der Waals surface area contributed by atoms with Crippen LogP contribution < -0.4 is 5.32 Å². The van der Waals surface area contributed by atoms with Crippen molar-refractivity contribution >= 4 is 10.0 Å². The summed E-state index contributed by atoms with van der Waals surface area (Å²) in [7, 11) is -3.04. The molecule has 14 heavy (non-hydrogen) atoms. The van der Waals surface area contributed by atoms with E-state index in [9.17, 15) is 8.42 Å². The van der Waals surface area contributed by atoms with Crippen LogP contribution in [0.25, 0.3) is 0 Å². The predicted molar refractivity (Wildman–Crippen MR) is 57.7 cm³/mol. The quantitative estimate of drug-likeness (QED) is 0.730. The molecule has 0 aromatic rings. The van der Waals surface area contributed by atoms with E-state index >= 15 is 0 Å². The molecule has 5 heteroatoms. The van der Waals surface area contributed by atoms with Crippen LogP contribution in [0.4, 0.5) is 0 Å². The first-order valence-corrected chi connectivity index (χ1v) is 6.83. The molecule has 0 aromatic carbocycles. The first-order valence-electron chi connectivity index (χ1n) is 5.32. The van der Waals surface area contributed by atoms with Crippen LogP contribution in [0.15, 0.2) is 0 Å². The number of nitrogens with one attached hydrogen (secondary N) is 1. The van der Waals surface area contributed by atoms with Gasteiger partial charge in [0, 0.05) is 19.6 Å². The molecule has 1 saturated heterocycles. The Bertz CT molecular complexity index is 258. The maximum Gasteiger partial charge on any atom is 0.218 e. The zero-order chi connectivity index (χ0) is 10.6. The van der Waals surface area contributed by atoms with Gasteiger partial charge in [0.05, 0.1) is 5.25 Å². The Morgan fingerprint density at radius 2 is 2.14 bits per heavy atom. The average Bonchev–Trinajstić information content (AvgIpc) is 2.66. The minimum atomic E-state index is -3.04. The largest absolute Gasteiger partial charge is 0.315 e. The second-order valence-corrected chi connectivity index (χ2v) is 5.86. The molecule has 1 rings (SSSR count). The van der Waals surface area contributed by atoms with Gasteiger partial charge in [-0.05, 0) is 19.4 Å². The summed E-state index contributed by atoms with van der Waals surface area (Å²) < 4.78 is 25.7. The van der Waals surface area contributed by atoms with Gasteiger partial charge in [0.25, 0.3) is 0 Å². The van der Waals surface area contributed by atoms with Crippen molar-refractivity contribution in [2.75, 3.05) is 26.2 Å². The normalized spacial score (nSPS) is 23.2. The first kappa shape index (κ1) is 11.9. The van der Waals surface area contributed by atoms with Crippen LogP contribution in [-0.2, 0) is 10.0 Å². The molecule has 0 amide bonds. The maximum atomic E-state index is 12.0. The van der Waals surface area contributed by atoms with Gasteiger partial charge in [0.2, 0.25) is 10.0 Å². The highest BCUT2D eigenvalue weighted by atomic mass is 32.2. The van der Waals surface area contributed by atoms with Crippen molar-refractivity contribution in [3.05, 3.63) is 0 Å². The van der Waals surface area contributed by atoms with Gasteiger partial charge >= 0.3 is 0 Å². The van der Waals surface area contributed by atoms with E-state index < -0.39 is 10.0 Å². The van der Waals surface area contributed by atoms with E-state index in [1.807, 2.05) is 13.8 Å². The van der Waals surface area contributed by atoms with E-state index in [-0.39, 0.29) is 5.25 Å². The van der Waals surface area contributed by atoms with Crippen LogP contribution in [0.2, 0.25) is 0 Å². The average molecular weight is 220 g/mol. The third-order valence-corrected chi connectivity index (χ3v) is 5.03. The lowest BCUT2D eigenvalue weighted by Crippen LogP contribution is -2.40. The van der Waals surface area contributed by atoms with Gasteiger partial charge in [-0.25, -0.2) is 12.7 Å². The summed E-state index contributed by atoms with van der Waals surface area (Å²) in [6.45, 7) is 6.58. The minimum Gasteiger partial charge on any atom is -0.315 e. The highest BCUT2D eigenvalue weighted by Crippen LogP contribution is 2.15. The van der Waals surface area contributed by atoms with Crippen LogP contribution >= 0.6 is 0 Å². The van der Waals surface area contributed by atoms with Crippen molar-refractivity contribution in [2.24, 2.45) is 0 Å². The van der Waals surface area contributed by atoms with Gasteiger partial charge in [0.15, 0.2) is 0 Å². The van der Waals surface area contributed by atoms with Crippen LogP contribution in [0.5, 0.6) is 0 Å². The molecule has 1 fully saturated rings. The first-order chi connectivity index (χ1) is 6.62. The molecular weight excluding hydrogens is 200 g/mol. The van der Waals surface area contributed by atoms with E-state index in [1.165, 1.54) is 0 Å². The molecule has 1 aliphatic rings. The van der Waals surface area contributed by atoms with Gasteiger partial charge in [0.1, 0.15) is 0 Å². The van der Waals surface area contributed by atoms with Gasteiger partial charge < -0.3 is 5.32 Å². The van der Waals surface area contributed by atoms with Gasteiger partial charge in [-0.15, -0.1) is 0 Å². The molecule has 0 bridgehead atoms. The topological polar surface area (TPSA) is 49.4 Å². The fourth-order valence-corrected chi connectivity index (χ4v) is 3.77. The van der Waals surface area contributed by atoms with Crippen molar-refractivity contribution in [1.82, 2.24) is 9.62 Å². The molecule has 4 nitrogen and oxygen atoms in total. The summed E-state index contributed by atoms with van der Waals surface area (Å²) in [6.07, 6.45) is 1.63. The number of rotatable bonds is 5. The minimum absolute atomic E-state index is 0.200. The number of hydrogen-bond acceptors (Lipinski definition) is 3. The standard InChI is InChI=1S/C9H20N2O2S/c1-3-7-11(4-2)14(12,13)9-5-6-10-8-9/h9-10H,3-8H2,1-2H3. The van der Waals surface area contributed by atoms with Crippen LogP contribution in [0.3, 0.4) is 0 Å². The Hall–Kier alpha value is -0.130. The molecule has 0 spiro atoms. The number of sulfonamides is 1. The molecule has 84 valence electrons. The van der Waals surface area contributed by atoms with Gasteiger partial charge in [-0.3, -0.25) is 0 Å². The van der Waals surface area contributed by atoms with Gasteiger partial charge in [-0.2, -0.15) is 0 Å². The molecule has 0 saturated carbocycles. The zero-order valence-corrected chi connectivity index (χ0v) is 9.81. The smallest absolute Gasteiger partial charge is 0.218 e. The third kappa shape index (κ3) is 2.46. The molecule has 0 aliphatic carbocycles. The summed E-state index contributed by atoms with van der Waals surface area (Å²) in [5.41, 5.74) is 0. The van der Waals surface area contributed by atoms with Crippen molar-refractivity contribution < 1.29 is 8.42 Å². The lowest BCUT2D eigenvalue weighted by Gasteiger charge is -2.23. The van der Waals surface area contributed by atoms with E-state index in [0.29, 0.717) is 19.6 Å². The van der Waals surface area contributed by atoms with E-state index in [4.69, 9.17) is 0 Å². The van der Waals surface area contributed by atoms with E-state index in [0.717, 1.165) is 19.4 Å². The van der Waals surface area contributed by atoms with Crippen molar-refractivity contribution in [3.8, 4) is 0 Å². The Kier molecular flexibility index (Phi) is 4.34. The molecule has 1 heterocycles. The van der Waals surface area contributed by atoms with Crippen molar-refractivity contribution in [2.45, 2.75) is 31.9 Å².